The molecule has 0 fully saturated rings. The van der Waals surface area contributed by atoms with Crippen LogP contribution in [-0.4, -0.2) is 0 Å². The van der Waals surface area contributed by atoms with Crippen molar-refractivity contribution in [3.05, 3.63) is 151 Å². The Morgan fingerprint density at radius 1 is 0.364 bits per heavy atom. The van der Waals surface area contributed by atoms with Gasteiger partial charge in [0.25, 0.3) is 0 Å². The summed E-state index contributed by atoms with van der Waals surface area (Å²) < 4.78 is 5.51. The van der Waals surface area contributed by atoms with Crippen LogP contribution in [0.3, 0.4) is 0 Å². The SMILES string of the molecule is CCC1=[C]([Ti+3]([C]2=C(CC)C(c3cccc(CC)c3CC)=CC2)[C]2=C(CC)C(c3cccc(CC)c3CC)=CC2)CC=C1c1cccc(CC)c1CC.[Cl-].[Cl-].[Cl-]. The number of allylic oxidation sites excluding steroid dienone is 12. The van der Waals surface area contributed by atoms with Gasteiger partial charge >= 0.3 is 325 Å². The molecule has 55 heavy (non-hydrogen) atoms. The van der Waals surface area contributed by atoms with Crippen LogP contribution in [0.2, 0.25) is 0 Å². The van der Waals surface area contributed by atoms with Crippen molar-refractivity contribution in [1.82, 2.24) is 0 Å². The van der Waals surface area contributed by atoms with Gasteiger partial charge in [0.15, 0.2) is 0 Å². The Hall–Kier alpha value is -2.32. The molecule has 0 spiro atoms. The van der Waals surface area contributed by atoms with E-state index < -0.39 is 17.9 Å². The molecule has 3 aromatic carbocycles. The molecule has 4 heteroatoms. The molecule has 0 saturated carbocycles. The Kier molecular flexibility index (Phi) is 18.4. The van der Waals surface area contributed by atoms with Gasteiger partial charge in [0.2, 0.25) is 0 Å². The van der Waals surface area contributed by atoms with Crippen molar-refractivity contribution in [3.8, 4) is 0 Å². The maximum absolute atomic E-state index is 2.65. The minimum absolute atomic E-state index is 0. The molecule has 0 atom stereocenters. The van der Waals surface area contributed by atoms with Gasteiger partial charge in [0.1, 0.15) is 0 Å². The molecule has 6 rings (SSSR count). The third kappa shape index (κ3) is 8.76. The normalized spacial score (nSPS) is 14.9. The summed E-state index contributed by atoms with van der Waals surface area (Å²) in [6.45, 7) is 21.3. The van der Waals surface area contributed by atoms with Gasteiger partial charge in [-0.1, -0.05) is 0 Å². The van der Waals surface area contributed by atoms with E-state index in [4.69, 9.17) is 0 Å². The van der Waals surface area contributed by atoms with Crippen LogP contribution >= 0.6 is 0 Å². The zero-order chi connectivity index (χ0) is 36.9. The molecule has 3 aromatic rings. The molecule has 3 aliphatic rings. The molecule has 0 N–H and O–H groups in total. The zero-order valence-electron chi connectivity index (χ0n) is 35.0. The number of rotatable bonds is 15. The third-order valence-corrected chi connectivity index (χ3v) is 17.7. The van der Waals surface area contributed by atoms with Crippen molar-refractivity contribution in [1.29, 1.82) is 0 Å². The Bertz CT molecular complexity index is 1800. The third-order valence-electron chi connectivity index (χ3n) is 12.5. The van der Waals surface area contributed by atoms with Crippen LogP contribution in [0.15, 0.2) is 101 Å². The first kappa shape index (κ1) is 47.1. The number of aryl methyl sites for hydroxylation is 3. The van der Waals surface area contributed by atoms with E-state index in [2.05, 4.69) is 135 Å². The van der Waals surface area contributed by atoms with Crippen molar-refractivity contribution in [2.24, 2.45) is 0 Å². The maximum atomic E-state index is 2.65. The summed E-state index contributed by atoms with van der Waals surface area (Å²) in [5, 5.41) is 0. The molecular weight excluding hydrogens is 767 g/mol. The van der Waals surface area contributed by atoms with Crippen LogP contribution in [-0.2, 0) is 56.4 Å². The molecule has 3 aliphatic carbocycles. The summed E-state index contributed by atoms with van der Waals surface area (Å²) in [4.78, 5) is 0. The Balaban J connectivity index is 0.00000271. The van der Waals surface area contributed by atoms with Crippen LogP contribution in [0, 0.1) is 0 Å². The molecule has 0 bridgehead atoms. The Labute approximate surface area is 359 Å². The van der Waals surface area contributed by atoms with Crippen molar-refractivity contribution < 1.29 is 55.1 Å². The Morgan fingerprint density at radius 3 is 0.855 bits per heavy atom. The molecule has 0 saturated heterocycles. The Morgan fingerprint density at radius 2 is 0.636 bits per heavy atom. The van der Waals surface area contributed by atoms with E-state index in [-0.39, 0.29) is 37.2 Å². The average molecular weight is 830 g/mol. The first-order valence-electron chi connectivity index (χ1n) is 20.9. The molecule has 0 aliphatic heterocycles. The quantitative estimate of drug-likeness (QED) is 0.179. The summed E-state index contributed by atoms with van der Waals surface area (Å²) in [7, 11) is 0. The van der Waals surface area contributed by atoms with Gasteiger partial charge in [-0.25, -0.2) is 0 Å². The number of halogens is 3. The van der Waals surface area contributed by atoms with E-state index in [0.29, 0.717) is 0 Å². The first-order valence-corrected chi connectivity index (χ1v) is 23.3. The molecule has 0 nitrogen and oxygen atoms in total. The minimum atomic E-state index is -2.17. The number of hydrogen-bond donors (Lipinski definition) is 0. The van der Waals surface area contributed by atoms with E-state index >= 15 is 0 Å². The van der Waals surface area contributed by atoms with Gasteiger partial charge in [-0.2, -0.15) is 0 Å². The van der Waals surface area contributed by atoms with Gasteiger partial charge in [-0.15, -0.1) is 0 Å². The number of benzene rings is 3. The van der Waals surface area contributed by atoms with E-state index in [0.717, 1.165) is 77.0 Å². The molecule has 0 unspecified atom stereocenters. The second-order valence-electron chi connectivity index (χ2n) is 14.7. The first-order chi connectivity index (χ1) is 25.4. The van der Waals surface area contributed by atoms with Gasteiger partial charge in [-0.05, 0) is 0 Å². The van der Waals surface area contributed by atoms with Crippen LogP contribution < -0.4 is 37.2 Å². The van der Waals surface area contributed by atoms with Crippen LogP contribution in [0.4, 0.5) is 0 Å². The fourth-order valence-electron chi connectivity index (χ4n) is 10.1. The second-order valence-corrected chi connectivity index (χ2v) is 18.7. The van der Waals surface area contributed by atoms with Crippen molar-refractivity contribution in [2.45, 2.75) is 139 Å². The smallest absolute Gasteiger partial charge is 1.00 e. The molecule has 0 amide bonds. The predicted molar refractivity (Wildman–Crippen MR) is 225 cm³/mol. The van der Waals surface area contributed by atoms with Crippen LogP contribution in [0.5, 0.6) is 0 Å². The molecule has 0 radical (unpaired) electrons. The maximum Gasteiger partial charge on any atom is -1.00 e. The summed E-state index contributed by atoms with van der Waals surface area (Å²) in [5.41, 5.74) is 23.4. The second kappa shape index (κ2) is 21.4. The van der Waals surface area contributed by atoms with Crippen LogP contribution in [0.25, 0.3) is 16.7 Å². The number of hydrogen-bond acceptors (Lipinski definition) is 0. The summed E-state index contributed by atoms with van der Waals surface area (Å²) >= 11 is -2.17. The van der Waals surface area contributed by atoms with Gasteiger partial charge in [0.05, 0.1) is 0 Å². The zero-order valence-corrected chi connectivity index (χ0v) is 38.9. The van der Waals surface area contributed by atoms with Gasteiger partial charge in [-0.3, -0.25) is 0 Å². The summed E-state index contributed by atoms with van der Waals surface area (Å²) in [6.07, 6.45) is 21.2. The van der Waals surface area contributed by atoms with Crippen molar-refractivity contribution >= 4 is 16.7 Å². The fraction of sp³-hybridized carbons (Fsp3) is 0.412. The summed E-state index contributed by atoms with van der Waals surface area (Å²) in [6, 6.07) is 21.3. The van der Waals surface area contributed by atoms with Gasteiger partial charge < -0.3 is 37.2 Å². The molecular formula is C51H63Cl3Ti. The summed E-state index contributed by atoms with van der Waals surface area (Å²) in [5.74, 6) is 0. The van der Waals surface area contributed by atoms with E-state index in [9.17, 15) is 0 Å². The van der Waals surface area contributed by atoms with Crippen LogP contribution in [0.1, 0.15) is 151 Å². The molecule has 292 valence electrons. The van der Waals surface area contributed by atoms with E-state index in [1.807, 2.05) is 11.6 Å². The van der Waals surface area contributed by atoms with E-state index in [1.54, 1.807) is 50.1 Å². The largest absolute Gasteiger partial charge is 1.00 e. The standard InChI is InChI=1S/3C17H21.3ClH.Ti/c3*1-4-13-9-8-12-17(15(13)6-3)16-11-7-10-14(16)5-2;;;;/h3*8-9,11-12H,4-7H2,1-3H3;3*1H;/q;;;;;;+3/p-3. The van der Waals surface area contributed by atoms with Gasteiger partial charge in [0, 0.05) is 0 Å². The predicted octanol–water partition coefficient (Wildman–Crippen LogP) is 5.45. The van der Waals surface area contributed by atoms with E-state index in [1.165, 1.54) is 33.4 Å². The fourth-order valence-corrected chi connectivity index (χ4v) is 16.1. The topological polar surface area (TPSA) is 0 Å². The molecule has 0 aromatic heterocycles. The average Bonchev–Trinajstić information content (AvgIpc) is 3.94. The monoisotopic (exact) mass is 828 g/mol. The molecule has 0 heterocycles. The van der Waals surface area contributed by atoms with Crippen molar-refractivity contribution in [3.63, 3.8) is 0 Å². The minimum Gasteiger partial charge on any atom is -1.00 e. The van der Waals surface area contributed by atoms with Crippen molar-refractivity contribution in [2.75, 3.05) is 0 Å².